The summed E-state index contributed by atoms with van der Waals surface area (Å²) in [5.74, 6) is 0.421. The van der Waals surface area contributed by atoms with E-state index in [1.807, 2.05) is 0 Å². The van der Waals surface area contributed by atoms with Gasteiger partial charge in [0.25, 0.3) is 0 Å². The Bertz CT molecular complexity index is 2070. The molecule has 0 aromatic heterocycles. The first kappa shape index (κ1) is 32.2. The third kappa shape index (κ3) is 4.02. The van der Waals surface area contributed by atoms with Gasteiger partial charge in [-0.1, -0.05) is 0 Å². The molecule has 0 saturated heterocycles. The van der Waals surface area contributed by atoms with Crippen LogP contribution in [-0.2, 0) is 35.5 Å². The molecule has 0 fully saturated rings. The fourth-order valence-electron chi connectivity index (χ4n) is 11.2. The van der Waals surface area contributed by atoms with Gasteiger partial charge in [0.15, 0.2) is 0 Å². The summed E-state index contributed by atoms with van der Waals surface area (Å²) >= 11 is -4.44. The van der Waals surface area contributed by atoms with Crippen molar-refractivity contribution in [2.75, 3.05) is 0 Å². The van der Waals surface area contributed by atoms with Crippen LogP contribution in [0.3, 0.4) is 0 Å². The number of benzene rings is 3. The number of allylic oxidation sites excluding steroid dienone is 8. The summed E-state index contributed by atoms with van der Waals surface area (Å²) in [5.41, 5.74) is 16.3. The van der Waals surface area contributed by atoms with E-state index in [1.165, 1.54) is 58.9 Å². The van der Waals surface area contributed by atoms with E-state index >= 15 is 0 Å². The van der Waals surface area contributed by atoms with Gasteiger partial charge in [0.1, 0.15) is 0 Å². The van der Waals surface area contributed by atoms with E-state index in [0.717, 1.165) is 10.5 Å². The fourth-order valence-corrected chi connectivity index (χ4v) is 33.0. The van der Waals surface area contributed by atoms with Crippen LogP contribution in [0.25, 0.3) is 22.3 Å². The second-order valence-electron chi connectivity index (χ2n) is 17.5. The van der Waals surface area contributed by atoms with Gasteiger partial charge in [-0.2, -0.15) is 0 Å². The predicted octanol–water partition coefficient (Wildman–Crippen LogP) is 11.6. The van der Waals surface area contributed by atoms with Crippen molar-refractivity contribution >= 4 is 26.7 Å². The molecular weight excluding hydrogens is 648 g/mol. The van der Waals surface area contributed by atoms with Crippen LogP contribution in [0.5, 0.6) is 0 Å². The van der Waals surface area contributed by atoms with Gasteiger partial charge >= 0.3 is 283 Å². The molecule has 0 aliphatic heterocycles. The third-order valence-electron chi connectivity index (χ3n) is 12.9. The third-order valence-corrected chi connectivity index (χ3v) is 33.8. The Morgan fingerprint density at radius 2 is 1.39 bits per heavy atom. The van der Waals surface area contributed by atoms with E-state index in [9.17, 15) is 0 Å². The molecule has 1 unspecified atom stereocenters. The van der Waals surface area contributed by atoms with Crippen molar-refractivity contribution in [2.45, 2.75) is 103 Å². The minimum absolute atomic E-state index is 0.0971. The standard InChI is InChI=1S/C25H25.C10H17Si.C6H5.C2H5.CH2.Zr/c1-14-12-24(3,4)22-8-16-7-17-9-23-19(15(2)13-25(23,5)6)11-21(17)20(16)10-18(14)22;1-8-6-9(2)10(7-8)11(3,4)5;1-2-4-6-5-3-1;1-2;;/h8-12H,7H2,1-6H3;7-8H,1-5H3;1-5H;1H2,2H3;1H2;. The Labute approximate surface area is 281 Å². The Morgan fingerprint density at radius 3 is 1.96 bits per heavy atom. The summed E-state index contributed by atoms with van der Waals surface area (Å²) in [6.07, 6.45) is 6.14. The normalized spacial score (nSPS) is 21.3. The second-order valence-corrected chi connectivity index (χ2v) is 36.6. The van der Waals surface area contributed by atoms with Gasteiger partial charge < -0.3 is 0 Å². The molecule has 0 saturated carbocycles. The molecular formula is C44H54SiZr. The van der Waals surface area contributed by atoms with Crippen molar-refractivity contribution in [2.24, 2.45) is 5.92 Å². The van der Waals surface area contributed by atoms with Crippen molar-refractivity contribution in [1.82, 2.24) is 0 Å². The summed E-state index contributed by atoms with van der Waals surface area (Å²) in [5, 5.41) is 1.66. The number of hydrogen-bond acceptors (Lipinski definition) is 0. The molecule has 0 amide bonds. The summed E-state index contributed by atoms with van der Waals surface area (Å²) in [6, 6.07) is 21.9. The Morgan fingerprint density at radius 1 is 0.804 bits per heavy atom. The summed E-state index contributed by atoms with van der Waals surface area (Å²) in [7, 11) is -1.53. The monoisotopic (exact) mass is 700 g/mol. The second kappa shape index (κ2) is 9.83. The molecule has 4 aliphatic rings. The zero-order valence-electron chi connectivity index (χ0n) is 30.5. The SMILES string of the molecule is [CH2]=[Zr]([CH2]C)([C]1=C(C)C([Si](C)(C)C)=CC1C)([C]1=C(C)c2cc3c(cc2C1(C)C)Cc1cc2c(cc1-3)C(C)=CC2(C)C)[c]1ccccc1. The molecule has 0 bridgehead atoms. The van der Waals surface area contributed by atoms with Gasteiger partial charge in [0, 0.05) is 0 Å². The van der Waals surface area contributed by atoms with Gasteiger partial charge in [-0.3, -0.25) is 0 Å². The topological polar surface area (TPSA) is 0 Å². The Kier molecular flexibility index (Phi) is 6.87. The summed E-state index contributed by atoms with van der Waals surface area (Å²) in [6.45, 7) is 29.5. The van der Waals surface area contributed by atoms with Gasteiger partial charge in [-0.25, -0.2) is 0 Å². The molecule has 0 radical (unpaired) electrons. The molecule has 46 heavy (non-hydrogen) atoms. The van der Waals surface area contributed by atoms with Crippen LogP contribution in [-0.4, -0.2) is 12.3 Å². The van der Waals surface area contributed by atoms with Crippen LogP contribution >= 0.6 is 0 Å². The van der Waals surface area contributed by atoms with Crippen LogP contribution in [0.4, 0.5) is 0 Å². The number of fused-ring (bicyclic) bond motifs is 5. The van der Waals surface area contributed by atoms with Crippen LogP contribution in [0.1, 0.15) is 95.7 Å². The number of rotatable bonds is 5. The molecule has 238 valence electrons. The molecule has 4 aliphatic carbocycles. The molecule has 0 spiro atoms. The van der Waals surface area contributed by atoms with Crippen molar-refractivity contribution < 1.29 is 18.3 Å². The predicted molar refractivity (Wildman–Crippen MR) is 204 cm³/mol. The molecule has 7 rings (SSSR count). The van der Waals surface area contributed by atoms with Gasteiger partial charge in [0.05, 0.1) is 0 Å². The molecule has 1 atom stereocenters. The molecule has 0 N–H and O–H groups in total. The van der Waals surface area contributed by atoms with E-state index < -0.39 is 26.4 Å². The van der Waals surface area contributed by atoms with Gasteiger partial charge in [-0.15, -0.1) is 0 Å². The Balaban J connectivity index is 1.51. The van der Waals surface area contributed by atoms with Crippen molar-refractivity contribution in [1.29, 1.82) is 0 Å². The average Bonchev–Trinajstić information content (AvgIpc) is 3.63. The maximum atomic E-state index is 5.75. The molecule has 3 aromatic carbocycles. The van der Waals surface area contributed by atoms with Gasteiger partial charge in [0.2, 0.25) is 0 Å². The van der Waals surface area contributed by atoms with Gasteiger partial charge in [-0.05, 0) is 0 Å². The van der Waals surface area contributed by atoms with Crippen molar-refractivity contribution in [3.63, 3.8) is 0 Å². The molecule has 0 heterocycles. The quantitative estimate of drug-likeness (QED) is 0.182. The zero-order chi connectivity index (χ0) is 33.4. The van der Waals surface area contributed by atoms with Crippen LogP contribution in [0.2, 0.25) is 23.8 Å². The van der Waals surface area contributed by atoms with Crippen LogP contribution < -0.4 is 3.27 Å². The fraction of sp³-hybridized carbons (Fsp3) is 0.386. The van der Waals surface area contributed by atoms with E-state index in [2.05, 4.69) is 149 Å². The summed E-state index contributed by atoms with van der Waals surface area (Å²) in [4.78, 5) is 0. The number of hydrogen-bond donors (Lipinski definition) is 0. The van der Waals surface area contributed by atoms with Crippen LogP contribution in [0.15, 0.2) is 84.1 Å². The van der Waals surface area contributed by atoms with Crippen molar-refractivity contribution in [3.8, 4) is 11.1 Å². The van der Waals surface area contributed by atoms with E-state index in [0.29, 0.717) is 5.92 Å². The van der Waals surface area contributed by atoms with Crippen LogP contribution in [0, 0.1) is 5.92 Å². The average molecular weight is 702 g/mol. The molecule has 2 heteroatoms. The first-order valence-electron chi connectivity index (χ1n) is 17.7. The first-order valence-corrected chi connectivity index (χ1v) is 28.3. The molecule has 0 nitrogen and oxygen atoms in total. The van der Waals surface area contributed by atoms with E-state index in [-0.39, 0.29) is 10.8 Å². The van der Waals surface area contributed by atoms with E-state index in [1.54, 1.807) is 17.3 Å². The van der Waals surface area contributed by atoms with Crippen molar-refractivity contribution in [3.05, 3.63) is 117 Å². The maximum absolute atomic E-state index is 5.75. The molecule has 3 aromatic rings. The summed E-state index contributed by atoms with van der Waals surface area (Å²) < 4.78 is 11.8. The first-order chi connectivity index (χ1) is 21.4. The minimum atomic E-state index is -4.44. The Hall–Kier alpha value is -2.41. The van der Waals surface area contributed by atoms with E-state index in [4.69, 9.17) is 4.21 Å². The zero-order valence-corrected chi connectivity index (χ0v) is 34.0.